The van der Waals surface area contributed by atoms with Gasteiger partial charge in [-0.15, -0.1) is 0 Å². The molecule has 2 atom stereocenters. The van der Waals surface area contributed by atoms with Crippen molar-refractivity contribution in [2.75, 3.05) is 6.61 Å². The molecule has 2 aromatic carbocycles. The SMILES string of the molecule is CCOc1cc2c(cc1CNC(=O)C(N)c1ccccc1)OC(C)C2. The van der Waals surface area contributed by atoms with Gasteiger partial charge in [-0.1, -0.05) is 30.3 Å². The predicted molar refractivity (Wildman–Crippen MR) is 96.6 cm³/mol. The van der Waals surface area contributed by atoms with E-state index in [9.17, 15) is 4.79 Å². The Balaban J connectivity index is 1.72. The molecule has 0 aromatic heterocycles. The monoisotopic (exact) mass is 340 g/mol. The van der Waals surface area contributed by atoms with E-state index in [0.717, 1.165) is 34.6 Å². The summed E-state index contributed by atoms with van der Waals surface area (Å²) in [5.74, 6) is 1.43. The first-order chi connectivity index (χ1) is 12.1. The summed E-state index contributed by atoms with van der Waals surface area (Å²) in [5.41, 5.74) is 8.87. The maximum Gasteiger partial charge on any atom is 0.241 e. The van der Waals surface area contributed by atoms with Crippen LogP contribution in [-0.2, 0) is 17.8 Å². The normalized spacial score (nSPS) is 16.7. The molecule has 0 bridgehead atoms. The number of hydrogen-bond acceptors (Lipinski definition) is 4. The summed E-state index contributed by atoms with van der Waals surface area (Å²) in [5, 5.41) is 2.90. The number of ether oxygens (including phenoxy) is 2. The maximum atomic E-state index is 12.4. The largest absolute Gasteiger partial charge is 0.494 e. The second-order valence-corrected chi connectivity index (χ2v) is 6.24. The highest BCUT2D eigenvalue weighted by Gasteiger charge is 2.22. The Bertz CT molecular complexity index is 746. The van der Waals surface area contributed by atoms with Gasteiger partial charge in [-0.3, -0.25) is 4.79 Å². The van der Waals surface area contributed by atoms with Gasteiger partial charge >= 0.3 is 0 Å². The fraction of sp³-hybridized carbons (Fsp3) is 0.350. The molecular formula is C20H24N2O3. The van der Waals surface area contributed by atoms with Crippen LogP contribution in [0.25, 0.3) is 0 Å². The van der Waals surface area contributed by atoms with E-state index in [1.807, 2.05) is 56.3 Å². The fourth-order valence-corrected chi connectivity index (χ4v) is 3.01. The summed E-state index contributed by atoms with van der Waals surface area (Å²) in [7, 11) is 0. The first kappa shape index (κ1) is 17.3. The van der Waals surface area contributed by atoms with E-state index in [4.69, 9.17) is 15.2 Å². The summed E-state index contributed by atoms with van der Waals surface area (Å²) in [4.78, 5) is 12.4. The van der Waals surface area contributed by atoms with E-state index >= 15 is 0 Å². The van der Waals surface area contributed by atoms with E-state index < -0.39 is 6.04 Å². The van der Waals surface area contributed by atoms with Crippen molar-refractivity contribution < 1.29 is 14.3 Å². The van der Waals surface area contributed by atoms with Crippen molar-refractivity contribution >= 4 is 5.91 Å². The number of carbonyl (C=O) groups is 1. The Morgan fingerprint density at radius 2 is 2.12 bits per heavy atom. The molecule has 1 aliphatic rings. The van der Waals surface area contributed by atoms with E-state index in [0.29, 0.717) is 13.2 Å². The first-order valence-corrected chi connectivity index (χ1v) is 8.62. The highest BCUT2D eigenvalue weighted by Crippen LogP contribution is 2.35. The standard InChI is InChI=1S/C20H24N2O3/c1-3-24-17-10-15-9-13(2)25-18(15)11-16(17)12-22-20(23)19(21)14-7-5-4-6-8-14/h4-8,10-11,13,19H,3,9,12,21H2,1-2H3,(H,22,23). The van der Waals surface area contributed by atoms with Crippen molar-refractivity contribution in [3.05, 3.63) is 59.2 Å². The second-order valence-electron chi connectivity index (χ2n) is 6.24. The van der Waals surface area contributed by atoms with Crippen LogP contribution in [0.5, 0.6) is 11.5 Å². The zero-order valence-corrected chi connectivity index (χ0v) is 14.6. The molecule has 5 nitrogen and oxygen atoms in total. The quantitative estimate of drug-likeness (QED) is 0.848. The van der Waals surface area contributed by atoms with Crippen LogP contribution in [-0.4, -0.2) is 18.6 Å². The lowest BCUT2D eigenvalue weighted by atomic mass is 10.1. The van der Waals surface area contributed by atoms with E-state index in [-0.39, 0.29) is 12.0 Å². The molecule has 2 aromatic rings. The molecule has 25 heavy (non-hydrogen) atoms. The van der Waals surface area contributed by atoms with Gasteiger partial charge in [-0.2, -0.15) is 0 Å². The van der Waals surface area contributed by atoms with Crippen LogP contribution >= 0.6 is 0 Å². The van der Waals surface area contributed by atoms with Crippen molar-refractivity contribution in [1.29, 1.82) is 0 Å². The van der Waals surface area contributed by atoms with E-state index in [1.54, 1.807) is 0 Å². The zero-order valence-electron chi connectivity index (χ0n) is 14.6. The van der Waals surface area contributed by atoms with Crippen LogP contribution in [0.4, 0.5) is 0 Å². The average molecular weight is 340 g/mol. The third-order valence-electron chi connectivity index (χ3n) is 4.27. The molecule has 1 heterocycles. The Morgan fingerprint density at radius 3 is 2.84 bits per heavy atom. The number of fused-ring (bicyclic) bond motifs is 1. The molecule has 0 saturated carbocycles. The molecule has 5 heteroatoms. The number of amides is 1. The van der Waals surface area contributed by atoms with Gasteiger partial charge in [0.05, 0.1) is 6.61 Å². The van der Waals surface area contributed by atoms with E-state index in [2.05, 4.69) is 5.32 Å². The lowest BCUT2D eigenvalue weighted by Gasteiger charge is -2.15. The minimum atomic E-state index is -0.692. The number of carbonyl (C=O) groups excluding carboxylic acids is 1. The molecule has 132 valence electrons. The highest BCUT2D eigenvalue weighted by molar-refractivity contribution is 5.83. The minimum Gasteiger partial charge on any atom is -0.494 e. The first-order valence-electron chi connectivity index (χ1n) is 8.62. The highest BCUT2D eigenvalue weighted by atomic mass is 16.5. The third kappa shape index (κ3) is 3.94. The zero-order chi connectivity index (χ0) is 17.8. The summed E-state index contributed by atoms with van der Waals surface area (Å²) in [6.07, 6.45) is 1.04. The smallest absolute Gasteiger partial charge is 0.241 e. The van der Waals surface area contributed by atoms with Gasteiger partial charge < -0.3 is 20.5 Å². The van der Waals surface area contributed by atoms with Gasteiger partial charge in [0.1, 0.15) is 23.6 Å². The van der Waals surface area contributed by atoms with Crippen molar-refractivity contribution in [1.82, 2.24) is 5.32 Å². The topological polar surface area (TPSA) is 73.6 Å². The molecule has 2 unspecified atom stereocenters. The molecule has 1 amide bonds. The summed E-state index contributed by atoms with van der Waals surface area (Å²) in [6.45, 7) is 4.90. The van der Waals surface area contributed by atoms with Gasteiger partial charge in [0, 0.05) is 24.1 Å². The Labute approximate surface area is 148 Å². The molecular weight excluding hydrogens is 316 g/mol. The molecule has 0 fully saturated rings. The summed E-state index contributed by atoms with van der Waals surface area (Å²) >= 11 is 0. The van der Waals surface area contributed by atoms with Gasteiger partial charge in [0.15, 0.2) is 0 Å². The number of benzene rings is 2. The Kier molecular flexibility index (Phi) is 5.24. The van der Waals surface area contributed by atoms with Gasteiger partial charge in [-0.25, -0.2) is 0 Å². The molecule has 0 saturated heterocycles. The number of nitrogens with two attached hydrogens (primary N) is 1. The third-order valence-corrected chi connectivity index (χ3v) is 4.27. The molecule has 0 spiro atoms. The molecule has 0 aliphatic carbocycles. The molecule has 0 radical (unpaired) electrons. The Hall–Kier alpha value is -2.53. The van der Waals surface area contributed by atoms with Gasteiger partial charge in [-0.05, 0) is 31.5 Å². The number of hydrogen-bond donors (Lipinski definition) is 2. The molecule has 3 rings (SSSR count). The van der Waals surface area contributed by atoms with Crippen LogP contribution in [0.1, 0.15) is 36.6 Å². The lowest BCUT2D eigenvalue weighted by molar-refractivity contribution is -0.122. The molecule has 3 N–H and O–H groups in total. The minimum absolute atomic E-state index is 0.167. The molecule has 1 aliphatic heterocycles. The lowest BCUT2D eigenvalue weighted by Crippen LogP contribution is -2.33. The summed E-state index contributed by atoms with van der Waals surface area (Å²) < 4.78 is 11.5. The maximum absolute atomic E-state index is 12.4. The number of nitrogens with one attached hydrogen (secondary N) is 1. The van der Waals surface area contributed by atoms with Crippen LogP contribution in [0.15, 0.2) is 42.5 Å². The van der Waals surface area contributed by atoms with Crippen LogP contribution in [0.2, 0.25) is 0 Å². The van der Waals surface area contributed by atoms with Crippen molar-refractivity contribution in [2.24, 2.45) is 5.73 Å². The summed E-state index contributed by atoms with van der Waals surface area (Å²) in [6, 6.07) is 12.6. The van der Waals surface area contributed by atoms with Crippen molar-refractivity contribution in [3.8, 4) is 11.5 Å². The Morgan fingerprint density at radius 1 is 1.36 bits per heavy atom. The second kappa shape index (κ2) is 7.57. The predicted octanol–water partition coefficient (Wildman–Crippen LogP) is 2.72. The van der Waals surface area contributed by atoms with Crippen molar-refractivity contribution in [2.45, 2.75) is 39.0 Å². The average Bonchev–Trinajstić information content (AvgIpc) is 2.98. The van der Waals surface area contributed by atoms with Gasteiger partial charge in [0.2, 0.25) is 5.91 Å². The van der Waals surface area contributed by atoms with Crippen LogP contribution < -0.4 is 20.5 Å². The van der Waals surface area contributed by atoms with Crippen LogP contribution in [0, 0.1) is 0 Å². The van der Waals surface area contributed by atoms with E-state index in [1.165, 1.54) is 0 Å². The van der Waals surface area contributed by atoms with Crippen LogP contribution in [0.3, 0.4) is 0 Å². The number of rotatable bonds is 6. The fourth-order valence-electron chi connectivity index (χ4n) is 3.01. The van der Waals surface area contributed by atoms with Crippen molar-refractivity contribution in [3.63, 3.8) is 0 Å². The van der Waals surface area contributed by atoms with Gasteiger partial charge in [0.25, 0.3) is 0 Å².